The van der Waals surface area contributed by atoms with Crippen LogP contribution in [0.4, 0.5) is 4.79 Å². The molecule has 3 amide bonds. The monoisotopic (exact) mass is 357 g/mol. The van der Waals surface area contributed by atoms with E-state index in [4.69, 9.17) is 10.00 Å². The van der Waals surface area contributed by atoms with Crippen LogP contribution >= 0.6 is 0 Å². The van der Waals surface area contributed by atoms with Crippen LogP contribution < -0.4 is 10.7 Å². The number of hydrogen-bond donors (Lipinski definition) is 2. The predicted octanol–water partition coefficient (Wildman–Crippen LogP) is 0.596. The smallest absolute Gasteiger partial charge is 0.335 e. The molecule has 0 aromatic heterocycles. The molecule has 2 saturated heterocycles. The largest absolute Gasteiger partial charge is 0.378 e. The van der Waals surface area contributed by atoms with Crippen molar-refractivity contribution in [1.82, 2.24) is 20.7 Å². The number of amides is 3. The van der Waals surface area contributed by atoms with E-state index < -0.39 is 6.04 Å². The first kappa shape index (κ1) is 18.2. The molecule has 1 aromatic rings. The maximum atomic E-state index is 12.8. The van der Waals surface area contributed by atoms with Crippen LogP contribution in [0, 0.1) is 11.3 Å². The second kappa shape index (κ2) is 8.65. The summed E-state index contributed by atoms with van der Waals surface area (Å²) in [5, 5.41) is 13.5. The van der Waals surface area contributed by atoms with Gasteiger partial charge in [-0.2, -0.15) is 5.26 Å². The van der Waals surface area contributed by atoms with Gasteiger partial charge < -0.3 is 15.0 Å². The zero-order chi connectivity index (χ0) is 18.4. The number of nitrogens with zero attached hydrogens (tertiary/aromatic N) is 3. The van der Waals surface area contributed by atoms with E-state index in [0.717, 1.165) is 12.0 Å². The van der Waals surface area contributed by atoms with Gasteiger partial charge in [0.1, 0.15) is 6.04 Å². The maximum absolute atomic E-state index is 12.8. The van der Waals surface area contributed by atoms with E-state index in [1.807, 2.05) is 12.1 Å². The quantitative estimate of drug-likeness (QED) is 0.825. The Morgan fingerprint density at radius 2 is 2.08 bits per heavy atom. The van der Waals surface area contributed by atoms with Crippen LogP contribution in [0.1, 0.15) is 24.0 Å². The van der Waals surface area contributed by atoms with Gasteiger partial charge in [-0.3, -0.25) is 4.79 Å². The van der Waals surface area contributed by atoms with Gasteiger partial charge in [-0.1, -0.05) is 18.2 Å². The van der Waals surface area contributed by atoms with Crippen molar-refractivity contribution >= 4 is 11.9 Å². The molecular formula is C18H23N5O3. The van der Waals surface area contributed by atoms with Crippen molar-refractivity contribution in [3.8, 4) is 6.07 Å². The summed E-state index contributed by atoms with van der Waals surface area (Å²) in [5.41, 5.74) is 4.36. The summed E-state index contributed by atoms with van der Waals surface area (Å²) in [6.07, 6.45) is 1.43. The minimum atomic E-state index is -0.562. The lowest BCUT2D eigenvalue weighted by Crippen LogP contribution is -2.62. The fourth-order valence-electron chi connectivity index (χ4n) is 3.17. The Kier molecular flexibility index (Phi) is 6.04. The molecule has 26 heavy (non-hydrogen) atoms. The van der Waals surface area contributed by atoms with Crippen LogP contribution in [0.3, 0.4) is 0 Å². The Balaban J connectivity index is 1.64. The molecule has 1 aromatic carbocycles. The van der Waals surface area contributed by atoms with Crippen molar-refractivity contribution in [2.45, 2.75) is 25.4 Å². The highest BCUT2D eigenvalue weighted by Crippen LogP contribution is 2.15. The summed E-state index contributed by atoms with van der Waals surface area (Å²) >= 11 is 0. The summed E-state index contributed by atoms with van der Waals surface area (Å²) in [6, 6.07) is 8.53. The summed E-state index contributed by atoms with van der Waals surface area (Å²) in [7, 11) is 0. The Hall–Kier alpha value is -2.63. The summed E-state index contributed by atoms with van der Waals surface area (Å²) < 4.78 is 5.28. The van der Waals surface area contributed by atoms with Gasteiger partial charge in [0, 0.05) is 26.2 Å². The lowest BCUT2D eigenvalue weighted by Gasteiger charge is -2.39. The van der Waals surface area contributed by atoms with Gasteiger partial charge in [0.25, 0.3) is 0 Å². The predicted molar refractivity (Wildman–Crippen MR) is 93.7 cm³/mol. The number of rotatable bonds is 3. The molecule has 0 radical (unpaired) electrons. The van der Waals surface area contributed by atoms with Crippen LogP contribution in [0.25, 0.3) is 0 Å². The lowest BCUT2D eigenvalue weighted by atomic mass is 10.1. The summed E-state index contributed by atoms with van der Waals surface area (Å²) in [6.45, 7) is 3.01. The molecule has 0 unspecified atom stereocenters. The molecule has 0 spiro atoms. The van der Waals surface area contributed by atoms with Gasteiger partial charge in [-0.15, -0.1) is 0 Å². The standard InChI is InChI=1S/C18H23N5O3/c19-12-14-4-1-2-5-15(14)13-20-17(24)16-6-3-7-21-23(16)18(25)22-8-10-26-11-9-22/h1-2,4-5,16,21H,3,6-11,13H2,(H,20,24)/t16-/m0/s1. The van der Waals surface area contributed by atoms with E-state index in [9.17, 15) is 9.59 Å². The van der Waals surface area contributed by atoms with E-state index in [2.05, 4.69) is 16.8 Å². The van der Waals surface area contributed by atoms with Gasteiger partial charge in [-0.05, 0) is 24.5 Å². The van der Waals surface area contributed by atoms with Crippen LogP contribution in [-0.2, 0) is 16.1 Å². The van der Waals surface area contributed by atoms with E-state index in [0.29, 0.717) is 44.8 Å². The maximum Gasteiger partial charge on any atom is 0.335 e. The van der Waals surface area contributed by atoms with Crippen molar-refractivity contribution in [1.29, 1.82) is 5.26 Å². The van der Waals surface area contributed by atoms with E-state index >= 15 is 0 Å². The minimum absolute atomic E-state index is 0.189. The van der Waals surface area contributed by atoms with Crippen molar-refractivity contribution in [2.75, 3.05) is 32.8 Å². The van der Waals surface area contributed by atoms with Crippen LogP contribution in [0.5, 0.6) is 0 Å². The molecule has 8 nitrogen and oxygen atoms in total. The zero-order valence-corrected chi connectivity index (χ0v) is 14.6. The number of hydrazine groups is 1. The van der Waals surface area contributed by atoms with Crippen molar-refractivity contribution < 1.29 is 14.3 Å². The molecular weight excluding hydrogens is 334 g/mol. The molecule has 2 aliphatic rings. The molecule has 2 aliphatic heterocycles. The van der Waals surface area contributed by atoms with Gasteiger partial charge in [-0.25, -0.2) is 15.2 Å². The molecule has 8 heteroatoms. The first-order chi connectivity index (χ1) is 12.7. The first-order valence-electron chi connectivity index (χ1n) is 8.86. The normalized spacial score (nSPS) is 20.3. The molecule has 2 heterocycles. The third kappa shape index (κ3) is 4.12. The number of ether oxygens (including phenoxy) is 1. The van der Waals surface area contributed by atoms with Crippen LogP contribution in [-0.4, -0.2) is 60.7 Å². The molecule has 1 atom stereocenters. The Morgan fingerprint density at radius 1 is 1.31 bits per heavy atom. The van der Waals surface area contributed by atoms with Crippen LogP contribution in [0.15, 0.2) is 24.3 Å². The molecule has 2 N–H and O–H groups in total. The van der Waals surface area contributed by atoms with Gasteiger partial charge in [0.05, 0.1) is 24.8 Å². The van der Waals surface area contributed by atoms with Gasteiger partial charge >= 0.3 is 6.03 Å². The molecule has 0 bridgehead atoms. The molecule has 138 valence electrons. The van der Waals surface area contributed by atoms with E-state index in [1.165, 1.54) is 5.01 Å². The molecule has 2 fully saturated rings. The number of benzene rings is 1. The molecule has 0 saturated carbocycles. The first-order valence-corrected chi connectivity index (χ1v) is 8.86. The lowest BCUT2D eigenvalue weighted by molar-refractivity contribution is -0.128. The minimum Gasteiger partial charge on any atom is -0.378 e. The number of carbonyl (C=O) groups excluding carboxylic acids is 2. The van der Waals surface area contributed by atoms with Crippen molar-refractivity contribution in [2.24, 2.45) is 0 Å². The Bertz CT molecular complexity index is 696. The SMILES string of the molecule is N#Cc1ccccc1CNC(=O)[C@@H]1CCCNN1C(=O)N1CCOCC1. The number of hydrogen-bond acceptors (Lipinski definition) is 5. The topological polar surface area (TPSA) is 97.7 Å². The highest BCUT2D eigenvalue weighted by Gasteiger charge is 2.35. The average Bonchev–Trinajstić information content (AvgIpc) is 2.72. The van der Waals surface area contributed by atoms with E-state index in [-0.39, 0.29) is 18.5 Å². The van der Waals surface area contributed by atoms with Crippen molar-refractivity contribution in [3.05, 3.63) is 35.4 Å². The average molecular weight is 357 g/mol. The second-order valence-corrected chi connectivity index (χ2v) is 6.30. The highest BCUT2D eigenvalue weighted by atomic mass is 16.5. The number of nitriles is 1. The number of carbonyl (C=O) groups is 2. The van der Waals surface area contributed by atoms with Gasteiger partial charge in [0.15, 0.2) is 0 Å². The fourth-order valence-corrected chi connectivity index (χ4v) is 3.17. The number of morpholine rings is 1. The molecule has 3 rings (SSSR count). The Labute approximate surface area is 152 Å². The van der Waals surface area contributed by atoms with Crippen molar-refractivity contribution in [3.63, 3.8) is 0 Å². The number of urea groups is 1. The van der Waals surface area contributed by atoms with E-state index in [1.54, 1.807) is 17.0 Å². The second-order valence-electron chi connectivity index (χ2n) is 6.30. The zero-order valence-electron chi connectivity index (χ0n) is 14.6. The van der Waals surface area contributed by atoms with Crippen LogP contribution in [0.2, 0.25) is 0 Å². The van der Waals surface area contributed by atoms with Gasteiger partial charge in [0.2, 0.25) is 5.91 Å². The third-order valence-corrected chi connectivity index (χ3v) is 4.63. The summed E-state index contributed by atoms with van der Waals surface area (Å²) in [4.78, 5) is 27.2. The highest BCUT2D eigenvalue weighted by molar-refractivity contribution is 5.87. The Morgan fingerprint density at radius 3 is 2.85 bits per heavy atom. The third-order valence-electron chi connectivity index (χ3n) is 4.63. The molecule has 0 aliphatic carbocycles. The number of nitrogens with one attached hydrogen (secondary N) is 2. The fraction of sp³-hybridized carbons (Fsp3) is 0.500. The summed E-state index contributed by atoms with van der Waals surface area (Å²) in [5.74, 6) is -0.216.